The summed E-state index contributed by atoms with van der Waals surface area (Å²) < 4.78 is 11.3. The number of hydrogen-bond donors (Lipinski definition) is 0. The molecule has 4 aromatic rings. The van der Waals surface area contributed by atoms with Gasteiger partial charge in [0.05, 0.1) is 23.4 Å². The van der Waals surface area contributed by atoms with Crippen molar-refractivity contribution in [3.63, 3.8) is 0 Å². The quantitative estimate of drug-likeness (QED) is 0.124. The summed E-state index contributed by atoms with van der Waals surface area (Å²) in [7, 11) is 0. The number of hydrogen-bond acceptors (Lipinski definition) is 6. The van der Waals surface area contributed by atoms with Crippen molar-refractivity contribution >= 4 is 34.0 Å². The zero-order chi connectivity index (χ0) is 24.5. The third-order valence-electron chi connectivity index (χ3n) is 5.73. The Labute approximate surface area is 209 Å². The maximum absolute atomic E-state index is 12.5. The van der Waals surface area contributed by atoms with Gasteiger partial charge >= 0.3 is 5.63 Å². The number of thiazole rings is 1. The Balaban J connectivity index is 1.42. The molecule has 0 atom stereocenters. The number of aromatic nitrogens is 1. The molecule has 6 heteroatoms. The third-order valence-corrected chi connectivity index (χ3v) is 6.61. The highest BCUT2D eigenvalue weighted by molar-refractivity contribution is 7.11. The summed E-state index contributed by atoms with van der Waals surface area (Å²) in [6, 6.07) is 19.1. The Bertz CT molecular complexity index is 1390. The van der Waals surface area contributed by atoms with Crippen molar-refractivity contribution in [3.8, 4) is 23.1 Å². The predicted octanol–water partition coefficient (Wildman–Crippen LogP) is 7.72. The summed E-state index contributed by atoms with van der Waals surface area (Å²) in [5, 5.41) is 12.9. The molecule has 0 bridgehead atoms. The van der Waals surface area contributed by atoms with Gasteiger partial charge in [0.25, 0.3) is 0 Å². The number of unbranched alkanes of at least 4 members (excludes halogenated alkanes) is 5. The molecule has 0 spiro atoms. The van der Waals surface area contributed by atoms with Crippen molar-refractivity contribution in [2.24, 2.45) is 0 Å². The van der Waals surface area contributed by atoms with Crippen LogP contribution in [-0.4, -0.2) is 11.6 Å². The van der Waals surface area contributed by atoms with E-state index in [1.54, 1.807) is 23.6 Å². The van der Waals surface area contributed by atoms with Crippen molar-refractivity contribution < 1.29 is 9.15 Å². The first-order valence-electron chi connectivity index (χ1n) is 12.0. The standard InChI is InChI=1S/C29H28N2O3S/c1-2-3-4-5-6-9-16-33-24-14-12-21(13-15-24)17-23(19-30)28-31-26(20-35-28)25-18-22-10-7-8-11-27(22)34-29(25)32/h7-8,10-15,17-18,20H,2-6,9,16H2,1H3/b23-17+. The van der Waals surface area contributed by atoms with Crippen LogP contribution in [0.5, 0.6) is 5.75 Å². The Morgan fingerprint density at radius 2 is 1.86 bits per heavy atom. The van der Waals surface area contributed by atoms with Crippen molar-refractivity contribution in [1.82, 2.24) is 4.98 Å². The molecule has 0 radical (unpaired) electrons. The van der Waals surface area contributed by atoms with E-state index in [0.717, 1.165) is 29.7 Å². The maximum atomic E-state index is 12.5. The highest BCUT2D eigenvalue weighted by Gasteiger charge is 2.14. The molecular formula is C29H28N2O3S. The monoisotopic (exact) mass is 484 g/mol. The van der Waals surface area contributed by atoms with Crippen LogP contribution in [0.15, 0.2) is 69.2 Å². The molecule has 2 heterocycles. The first kappa shape index (κ1) is 24.4. The number of para-hydroxylation sites is 1. The van der Waals surface area contributed by atoms with E-state index in [4.69, 9.17) is 9.15 Å². The fourth-order valence-corrected chi connectivity index (χ4v) is 4.59. The Hall–Kier alpha value is -3.69. The highest BCUT2D eigenvalue weighted by atomic mass is 32.1. The number of rotatable bonds is 11. The van der Waals surface area contributed by atoms with Crippen LogP contribution >= 0.6 is 11.3 Å². The van der Waals surface area contributed by atoms with Crippen LogP contribution in [0.3, 0.4) is 0 Å². The van der Waals surface area contributed by atoms with Crippen molar-refractivity contribution in [2.75, 3.05) is 6.61 Å². The van der Waals surface area contributed by atoms with Gasteiger partial charge in [-0.1, -0.05) is 69.4 Å². The minimum atomic E-state index is -0.445. The fraction of sp³-hybridized carbons (Fsp3) is 0.276. The van der Waals surface area contributed by atoms with E-state index in [-0.39, 0.29) is 0 Å². The molecule has 178 valence electrons. The van der Waals surface area contributed by atoms with Crippen LogP contribution in [0, 0.1) is 11.3 Å². The van der Waals surface area contributed by atoms with Crippen molar-refractivity contribution in [3.05, 3.63) is 81.0 Å². The smallest absolute Gasteiger partial charge is 0.345 e. The lowest BCUT2D eigenvalue weighted by molar-refractivity contribution is 0.304. The van der Waals surface area contributed by atoms with Crippen molar-refractivity contribution in [1.29, 1.82) is 5.26 Å². The van der Waals surface area contributed by atoms with Crippen LogP contribution in [0.25, 0.3) is 33.9 Å². The summed E-state index contributed by atoms with van der Waals surface area (Å²) >= 11 is 1.33. The number of fused-ring (bicyclic) bond motifs is 1. The van der Waals surface area contributed by atoms with Gasteiger partial charge < -0.3 is 9.15 Å². The van der Waals surface area contributed by atoms with Crippen LogP contribution in [0.1, 0.15) is 56.0 Å². The van der Waals surface area contributed by atoms with Crippen LogP contribution in [0.4, 0.5) is 0 Å². The molecule has 5 nitrogen and oxygen atoms in total. The average Bonchev–Trinajstić information content (AvgIpc) is 3.37. The zero-order valence-corrected chi connectivity index (χ0v) is 20.6. The molecule has 0 aliphatic carbocycles. The Morgan fingerprint density at radius 3 is 2.66 bits per heavy atom. The zero-order valence-electron chi connectivity index (χ0n) is 19.8. The van der Waals surface area contributed by atoms with Crippen molar-refractivity contribution in [2.45, 2.75) is 45.4 Å². The Kier molecular flexibility index (Phi) is 8.48. The van der Waals surface area contributed by atoms with E-state index in [9.17, 15) is 10.1 Å². The first-order valence-corrected chi connectivity index (χ1v) is 12.9. The molecule has 2 aromatic heterocycles. The van der Waals surface area contributed by atoms with Gasteiger partial charge in [0, 0.05) is 10.8 Å². The van der Waals surface area contributed by atoms with E-state index in [1.165, 1.54) is 43.4 Å². The summed E-state index contributed by atoms with van der Waals surface area (Å²) in [6.07, 6.45) is 9.19. The molecule has 0 saturated heterocycles. The molecule has 35 heavy (non-hydrogen) atoms. The predicted molar refractivity (Wildman–Crippen MR) is 142 cm³/mol. The van der Waals surface area contributed by atoms with Gasteiger partial charge in [0.1, 0.15) is 22.4 Å². The number of nitriles is 1. The summed E-state index contributed by atoms with van der Waals surface area (Å²) in [6.45, 7) is 2.94. The topological polar surface area (TPSA) is 76.1 Å². The number of nitrogens with zero attached hydrogens (tertiary/aromatic N) is 2. The molecule has 0 amide bonds. The minimum absolute atomic E-state index is 0.385. The van der Waals surface area contributed by atoms with Gasteiger partial charge in [-0.15, -0.1) is 11.3 Å². The van der Waals surface area contributed by atoms with Gasteiger partial charge in [-0.25, -0.2) is 9.78 Å². The second kappa shape index (κ2) is 12.1. The number of ether oxygens (including phenoxy) is 1. The SMILES string of the molecule is CCCCCCCCOc1ccc(/C=C(\C#N)c2nc(-c3cc4ccccc4oc3=O)cs2)cc1. The molecular weight excluding hydrogens is 456 g/mol. The van der Waals surface area contributed by atoms with Gasteiger partial charge in [-0.2, -0.15) is 5.26 Å². The third kappa shape index (κ3) is 6.46. The van der Waals surface area contributed by atoms with E-state index >= 15 is 0 Å². The second-order valence-electron chi connectivity index (χ2n) is 8.38. The molecule has 2 aromatic carbocycles. The van der Waals surface area contributed by atoms with E-state index in [1.807, 2.05) is 42.5 Å². The number of allylic oxidation sites excluding steroid dienone is 1. The Morgan fingerprint density at radius 1 is 1.09 bits per heavy atom. The van der Waals surface area contributed by atoms with Crippen LogP contribution in [-0.2, 0) is 0 Å². The molecule has 0 aliphatic rings. The van der Waals surface area contributed by atoms with Crippen LogP contribution < -0.4 is 10.4 Å². The average molecular weight is 485 g/mol. The van der Waals surface area contributed by atoms with E-state index in [2.05, 4.69) is 18.0 Å². The minimum Gasteiger partial charge on any atom is -0.494 e. The largest absolute Gasteiger partial charge is 0.494 e. The molecule has 0 N–H and O–H groups in total. The maximum Gasteiger partial charge on any atom is 0.345 e. The molecule has 0 unspecified atom stereocenters. The van der Waals surface area contributed by atoms with Crippen LogP contribution in [0.2, 0.25) is 0 Å². The van der Waals surface area contributed by atoms with Gasteiger partial charge in [-0.05, 0) is 42.3 Å². The lowest BCUT2D eigenvalue weighted by atomic mass is 10.1. The number of benzene rings is 2. The lowest BCUT2D eigenvalue weighted by Crippen LogP contribution is -2.02. The fourth-order valence-electron chi connectivity index (χ4n) is 3.80. The van der Waals surface area contributed by atoms with Gasteiger partial charge in [0.15, 0.2) is 0 Å². The molecule has 0 saturated carbocycles. The van der Waals surface area contributed by atoms with Gasteiger partial charge in [-0.3, -0.25) is 0 Å². The molecule has 4 rings (SSSR count). The molecule has 0 aliphatic heterocycles. The summed E-state index contributed by atoms with van der Waals surface area (Å²) in [5.74, 6) is 0.828. The first-order chi connectivity index (χ1) is 17.2. The summed E-state index contributed by atoms with van der Waals surface area (Å²) in [5.41, 5.74) is 2.30. The highest BCUT2D eigenvalue weighted by Crippen LogP contribution is 2.27. The second-order valence-corrected chi connectivity index (χ2v) is 9.24. The lowest BCUT2D eigenvalue weighted by Gasteiger charge is -2.06. The van der Waals surface area contributed by atoms with E-state index in [0.29, 0.717) is 27.4 Å². The normalized spacial score (nSPS) is 11.5. The molecule has 0 fully saturated rings. The van der Waals surface area contributed by atoms with Gasteiger partial charge in [0.2, 0.25) is 0 Å². The van der Waals surface area contributed by atoms with E-state index < -0.39 is 5.63 Å². The summed E-state index contributed by atoms with van der Waals surface area (Å²) in [4.78, 5) is 17.0.